The molecule has 3 nitrogen and oxygen atoms in total. The van der Waals surface area contributed by atoms with Gasteiger partial charge in [0.1, 0.15) is 5.75 Å². The largest absolute Gasteiger partial charge is 0.508 e. The summed E-state index contributed by atoms with van der Waals surface area (Å²) in [6, 6.07) is 12.5. The summed E-state index contributed by atoms with van der Waals surface area (Å²) >= 11 is 0. The number of benzene rings is 2. The molecule has 1 aliphatic heterocycles. The van der Waals surface area contributed by atoms with E-state index in [1.807, 2.05) is 12.1 Å². The zero-order valence-electron chi connectivity index (χ0n) is 13.2. The molecule has 22 heavy (non-hydrogen) atoms. The molecule has 0 unspecified atom stereocenters. The number of rotatable bonds is 4. The van der Waals surface area contributed by atoms with Gasteiger partial charge in [-0.15, -0.1) is 6.58 Å². The molecular formula is C19H24N2O. The van der Waals surface area contributed by atoms with Crippen molar-refractivity contribution in [2.45, 2.75) is 19.4 Å². The van der Waals surface area contributed by atoms with Gasteiger partial charge in [-0.05, 0) is 47.9 Å². The zero-order chi connectivity index (χ0) is 15.5. The predicted octanol–water partition coefficient (Wildman–Crippen LogP) is 3.46. The molecule has 1 fully saturated rings. The van der Waals surface area contributed by atoms with Crippen LogP contribution in [0.4, 0.5) is 0 Å². The van der Waals surface area contributed by atoms with E-state index in [1.165, 1.54) is 16.5 Å². The zero-order valence-corrected chi connectivity index (χ0v) is 13.2. The monoisotopic (exact) mass is 296 g/mol. The maximum atomic E-state index is 9.60. The number of hydrogen-bond donors (Lipinski definition) is 2. The van der Waals surface area contributed by atoms with Crippen LogP contribution in [0.5, 0.6) is 5.75 Å². The van der Waals surface area contributed by atoms with Gasteiger partial charge < -0.3 is 10.4 Å². The van der Waals surface area contributed by atoms with Gasteiger partial charge in [0.15, 0.2) is 0 Å². The Morgan fingerprint density at radius 1 is 1.18 bits per heavy atom. The average molecular weight is 296 g/mol. The topological polar surface area (TPSA) is 35.5 Å². The number of phenols is 1. The van der Waals surface area contributed by atoms with Crippen molar-refractivity contribution in [1.29, 1.82) is 0 Å². The average Bonchev–Trinajstić information content (AvgIpc) is 2.53. The Balaban J connectivity index is 1.95. The van der Waals surface area contributed by atoms with E-state index in [9.17, 15) is 5.11 Å². The van der Waals surface area contributed by atoms with Crippen molar-refractivity contribution in [3.05, 3.63) is 54.1 Å². The normalized spacial score (nSPS) is 17.5. The predicted molar refractivity (Wildman–Crippen MR) is 92.2 cm³/mol. The van der Waals surface area contributed by atoms with Crippen LogP contribution in [-0.4, -0.2) is 36.2 Å². The van der Waals surface area contributed by atoms with Crippen molar-refractivity contribution in [1.82, 2.24) is 10.2 Å². The molecule has 1 heterocycles. The first-order valence-electron chi connectivity index (χ1n) is 7.95. The van der Waals surface area contributed by atoms with E-state index in [2.05, 4.69) is 41.9 Å². The van der Waals surface area contributed by atoms with Gasteiger partial charge >= 0.3 is 0 Å². The van der Waals surface area contributed by atoms with Crippen molar-refractivity contribution in [2.75, 3.05) is 26.2 Å². The van der Waals surface area contributed by atoms with E-state index < -0.39 is 0 Å². The number of phenolic OH excluding ortho intramolecular Hbond substituents is 1. The molecule has 1 aliphatic rings. The molecule has 116 valence electrons. The number of aromatic hydroxyl groups is 1. The quantitative estimate of drug-likeness (QED) is 0.848. The molecule has 0 radical (unpaired) electrons. The second-order valence-corrected chi connectivity index (χ2v) is 6.25. The summed E-state index contributed by atoms with van der Waals surface area (Å²) in [5, 5.41) is 15.3. The van der Waals surface area contributed by atoms with E-state index in [0.29, 0.717) is 11.8 Å². The molecular weight excluding hydrogens is 272 g/mol. The summed E-state index contributed by atoms with van der Waals surface area (Å²) in [5.74, 6) is 0.320. The Morgan fingerprint density at radius 3 is 2.59 bits per heavy atom. The number of piperazine rings is 1. The third kappa shape index (κ3) is 3.32. The van der Waals surface area contributed by atoms with Gasteiger partial charge in [0.05, 0.1) is 0 Å². The molecule has 1 atom stereocenters. The highest BCUT2D eigenvalue weighted by Gasteiger charge is 2.22. The van der Waals surface area contributed by atoms with Crippen molar-refractivity contribution in [3.8, 4) is 5.75 Å². The minimum Gasteiger partial charge on any atom is -0.508 e. The molecule has 2 N–H and O–H groups in total. The Kier molecular flexibility index (Phi) is 4.46. The van der Waals surface area contributed by atoms with Gasteiger partial charge in [-0.25, -0.2) is 0 Å². The van der Waals surface area contributed by atoms with E-state index in [1.54, 1.807) is 6.07 Å². The highest BCUT2D eigenvalue weighted by Crippen LogP contribution is 2.30. The van der Waals surface area contributed by atoms with Crippen LogP contribution in [0.3, 0.4) is 0 Å². The fourth-order valence-corrected chi connectivity index (χ4v) is 3.24. The number of nitrogens with one attached hydrogen (secondary N) is 1. The van der Waals surface area contributed by atoms with Crippen molar-refractivity contribution >= 4 is 10.8 Å². The SMILES string of the molecule is C=C(C)C[C@H](c1ccc2cc(O)ccc2c1)N1CCNCC1. The van der Waals surface area contributed by atoms with Crippen LogP contribution in [0.25, 0.3) is 10.8 Å². The van der Waals surface area contributed by atoms with Crippen LogP contribution in [0, 0.1) is 0 Å². The van der Waals surface area contributed by atoms with E-state index in [0.717, 1.165) is 38.0 Å². The molecule has 0 aliphatic carbocycles. The number of fused-ring (bicyclic) bond motifs is 1. The summed E-state index contributed by atoms with van der Waals surface area (Å²) in [7, 11) is 0. The fraction of sp³-hybridized carbons (Fsp3) is 0.368. The highest BCUT2D eigenvalue weighted by molar-refractivity contribution is 5.84. The molecule has 0 bridgehead atoms. The van der Waals surface area contributed by atoms with Crippen molar-refractivity contribution in [2.24, 2.45) is 0 Å². The smallest absolute Gasteiger partial charge is 0.116 e. The van der Waals surface area contributed by atoms with Gasteiger partial charge in [0.25, 0.3) is 0 Å². The number of hydrogen-bond acceptors (Lipinski definition) is 3. The van der Waals surface area contributed by atoms with Crippen LogP contribution < -0.4 is 5.32 Å². The first kappa shape index (κ1) is 15.1. The molecule has 0 saturated carbocycles. The lowest BCUT2D eigenvalue weighted by Gasteiger charge is -2.35. The lowest BCUT2D eigenvalue weighted by Crippen LogP contribution is -2.45. The molecule has 0 aromatic heterocycles. The third-order valence-electron chi connectivity index (χ3n) is 4.37. The Labute approximate surface area is 132 Å². The second kappa shape index (κ2) is 6.51. The summed E-state index contributed by atoms with van der Waals surface area (Å²) in [6.07, 6.45) is 0.990. The second-order valence-electron chi connectivity index (χ2n) is 6.25. The third-order valence-corrected chi connectivity index (χ3v) is 4.37. The molecule has 1 saturated heterocycles. The molecule has 0 spiro atoms. The molecule has 2 aromatic rings. The maximum Gasteiger partial charge on any atom is 0.116 e. The summed E-state index contributed by atoms with van der Waals surface area (Å²) in [6.45, 7) is 10.5. The first-order valence-corrected chi connectivity index (χ1v) is 7.95. The Hall–Kier alpha value is -1.84. The molecule has 0 amide bonds. The maximum absolute atomic E-state index is 9.60. The van der Waals surface area contributed by atoms with Crippen LogP contribution in [-0.2, 0) is 0 Å². The summed E-state index contributed by atoms with van der Waals surface area (Å²) < 4.78 is 0. The minimum absolute atomic E-state index is 0.320. The summed E-state index contributed by atoms with van der Waals surface area (Å²) in [4.78, 5) is 2.55. The van der Waals surface area contributed by atoms with Crippen molar-refractivity contribution in [3.63, 3.8) is 0 Å². The van der Waals surface area contributed by atoms with Gasteiger partial charge in [-0.3, -0.25) is 4.90 Å². The molecule has 2 aromatic carbocycles. The van der Waals surface area contributed by atoms with Crippen LogP contribution in [0.2, 0.25) is 0 Å². The van der Waals surface area contributed by atoms with Crippen molar-refractivity contribution < 1.29 is 5.11 Å². The van der Waals surface area contributed by atoms with Gasteiger partial charge in [-0.2, -0.15) is 0 Å². The summed E-state index contributed by atoms with van der Waals surface area (Å²) in [5.41, 5.74) is 2.55. The Morgan fingerprint density at radius 2 is 1.86 bits per heavy atom. The standard InChI is InChI=1S/C19H24N2O/c1-14(2)11-19(21-9-7-20-8-10-21)17-4-3-16-13-18(22)6-5-15(16)12-17/h3-6,12-13,19-20,22H,1,7-11H2,2H3/t19-/m1/s1. The molecule has 3 rings (SSSR count). The highest BCUT2D eigenvalue weighted by atomic mass is 16.3. The van der Waals surface area contributed by atoms with E-state index in [4.69, 9.17) is 0 Å². The van der Waals surface area contributed by atoms with E-state index >= 15 is 0 Å². The Bertz CT molecular complexity index is 674. The first-order chi connectivity index (χ1) is 10.6. The lowest BCUT2D eigenvalue weighted by atomic mass is 9.95. The minimum atomic E-state index is 0.320. The van der Waals surface area contributed by atoms with Gasteiger partial charge in [0.2, 0.25) is 0 Å². The van der Waals surface area contributed by atoms with Gasteiger partial charge in [-0.1, -0.05) is 23.8 Å². The van der Waals surface area contributed by atoms with E-state index in [-0.39, 0.29) is 0 Å². The van der Waals surface area contributed by atoms with Crippen LogP contribution in [0.1, 0.15) is 24.9 Å². The number of nitrogens with zero attached hydrogens (tertiary/aromatic N) is 1. The lowest BCUT2D eigenvalue weighted by molar-refractivity contribution is 0.172. The fourth-order valence-electron chi connectivity index (χ4n) is 3.24. The molecule has 3 heteroatoms. The van der Waals surface area contributed by atoms with Crippen LogP contribution in [0.15, 0.2) is 48.6 Å². The van der Waals surface area contributed by atoms with Gasteiger partial charge in [0, 0.05) is 32.2 Å². The van der Waals surface area contributed by atoms with Crippen LogP contribution >= 0.6 is 0 Å².